The van der Waals surface area contributed by atoms with Crippen LogP contribution in [-0.4, -0.2) is 36.3 Å². The third kappa shape index (κ3) is 4.74. The van der Waals surface area contributed by atoms with Crippen molar-refractivity contribution in [1.82, 2.24) is 10.2 Å². The molecule has 0 radical (unpaired) electrons. The lowest BCUT2D eigenvalue weighted by molar-refractivity contribution is -0.121. The Hall–Kier alpha value is -1.98. The van der Waals surface area contributed by atoms with Crippen LogP contribution in [0.25, 0.3) is 0 Å². The number of hydrogen-bond donors (Lipinski definition) is 1. The average Bonchev–Trinajstić information content (AvgIpc) is 2.53. The summed E-state index contributed by atoms with van der Waals surface area (Å²) < 4.78 is 26.7. The Morgan fingerprint density at radius 2 is 2.13 bits per heavy atom. The van der Waals surface area contributed by atoms with Crippen molar-refractivity contribution in [2.24, 2.45) is 5.92 Å². The van der Waals surface area contributed by atoms with E-state index in [1.165, 1.54) is 6.07 Å². The van der Waals surface area contributed by atoms with Gasteiger partial charge in [0.25, 0.3) is 5.91 Å². The van der Waals surface area contributed by atoms with Crippen molar-refractivity contribution < 1.29 is 18.4 Å². The first-order chi connectivity index (χ1) is 11.0. The number of nitrogens with zero attached hydrogens (tertiary/aromatic N) is 1. The van der Waals surface area contributed by atoms with Gasteiger partial charge in [-0.15, -0.1) is 0 Å². The minimum Gasteiger partial charge on any atom is -0.356 e. The molecule has 4 nitrogen and oxygen atoms in total. The van der Waals surface area contributed by atoms with Crippen LogP contribution < -0.4 is 5.32 Å². The highest BCUT2D eigenvalue weighted by Gasteiger charge is 2.26. The molecule has 1 N–H and O–H groups in total. The second-order valence-corrected chi connectivity index (χ2v) is 5.94. The zero-order valence-electron chi connectivity index (χ0n) is 13.3. The van der Waals surface area contributed by atoms with E-state index in [0.717, 1.165) is 31.4 Å². The second-order valence-electron chi connectivity index (χ2n) is 5.94. The second kappa shape index (κ2) is 8.04. The van der Waals surface area contributed by atoms with E-state index in [9.17, 15) is 18.4 Å². The summed E-state index contributed by atoms with van der Waals surface area (Å²) in [4.78, 5) is 25.5. The van der Waals surface area contributed by atoms with E-state index in [1.54, 1.807) is 4.90 Å². The van der Waals surface area contributed by atoms with Gasteiger partial charge < -0.3 is 10.2 Å². The van der Waals surface area contributed by atoms with Crippen LogP contribution in [0.4, 0.5) is 8.78 Å². The van der Waals surface area contributed by atoms with Crippen LogP contribution in [-0.2, 0) is 4.79 Å². The molecule has 2 amide bonds. The number of amides is 2. The Bertz CT molecular complexity index is 578. The first-order valence-electron chi connectivity index (χ1n) is 8.02. The fourth-order valence-corrected chi connectivity index (χ4v) is 2.82. The summed E-state index contributed by atoms with van der Waals surface area (Å²) in [6.07, 6.45) is 3.02. The maximum atomic E-state index is 13.7. The van der Waals surface area contributed by atoms with Gasteiger partial charge in [-0.3, -0.25) is 9.59 Å². The van der Waals surface area contributed by atoms with Crippen molar-refractivity contribution in [2.75, 3.05) is 19.6 Å². The molecule has 1 aliphatic heterocycles. The molecule has 0 aromatic heterocycles. The molecule has 6 heteroatoms. The molecule has 1 fully saturated rings. The maximum absolute atomic E-state index is 13.7. The molecular formula is C17H22F2N2O2. The van der Waals surface area contributed by atoms with Crippen molar-refractivity contribution in [3.63, 3.8) is 0 Å². The fourth-order valence-electron chi connectivity index (χ4n) is 2.82. The summed E-state index contributed by atoms with van der Waals surface area (Å²) in [6, 6.07) is 2.99. The number of nitrogens with one attached hydrogen (secondary N) is 1. The number of benzene rings is 1. The standard InChI is InChI=1S/C17H22F2N2O2/c1-2-4-16(22)20-10-12-5-3-8-21(11-12)17(23)14-7-6-13(18)9-15(14)19/h6-7,9,12H,2-5,8,10-11H2,1H3,(H,20,22). The van der Waals surface area contributed by atoms with Crippen molar-refractivity contribution >= 4 is 11.8 Å². The minimum atomic E-state index is -0.839. The largest absolute Gasteiger partial charge is 0.356 e. The van der Waals surface area contributed by atoms with Crippen LogP contribution in [0.1, 0.15) is 43.0 Å². The molecule has 1 unspecified atom stereocenters. The molecular weight excluding hydrogens is 302 g/mol. The van der Waals surface area contributed by atoms with Crippen molar-refractivity contribution in [3.05, 3.63) is 35.4 Å². The van der Waals surface area contributed by atoms with Gasteiger partial charge in [-0.25, -0.2) is 8.78 Å². The maximum Gasteiger partial charge on any atom is 0.256 e. The monoisotopic (exact) mass is 324 g/mol. The van der Waals surface area contributed by atoms with Crippen molar-refractivity contribution in [3.8, 4) is 0 Å². The summed E-state index contributed by atoms with van der Waals surface area (Å²) >= 11 is 0. The third-order valence-electron chi connectivity index (χ3n) is 4.03. The number of carbonyl (C=O) groups is 2. The lowest BCUT2D eigenvalue weighted by Crippen LogP contribution is -2.44. The van der Waals surface area contributed by atoms with Crippen LogP contribution in [0.3, 0.4) is 0 Å². The first-order valence-corrected chi connectivity index (χ1v) is 8.02. The van der Waals surface area contributed by atoms with E-state index in [0.29, 0.717) is 26.1 Å². The quantitative estimate of drug-likeness (QED) is 0.905. The number of halogens is 2. The van der Waals surface area contributed by atoms with E-state index in [1.807, 2.05) is 6.92 Å². The highest BCUT2D eigenvalue weighted by molar-refractivity contribution is 5.94. The Morgan fingerprint density at radius 3 is 2.83 bits per heavy atom. The van der Waals surface area contributed by atoms with Crippen LogP contribution in [0.2, 0.25) is 0 Å². The van der Waals surface area contributed by atoms with Gasteiger partial charge in [-0.2, -0.15) is 0 Å². The summed E-state index contributed by atoms with van der Waals surface area (Å²) in [5.41, 5.74) is -0.109. The predicted molar refractivity (Wildman–Crippen MR) is 82.9 cm³/mol. The Labute approximate surface area is 134 Å². The summed E-state index contributed by atoms with van der Waals surface area (Å²) in [5, 5.41) is 2.87. The molecule has 0 aliphatic carbocycles. The molecule has 1 aliphatic rings. The molecule has 0 spiro atoms. The van der Waals surface area contributed by atoms with E-state index in [4.69, 9.17) is 0 Å². The van der Waals surface area contributed by atoms with Gasteiger partial charge in [-0.05, 0) is 37.3 Å². The van der Waals surface area contributed by atoms with Gasteiger partial charge in [0.15, 0.2) is 0 Å². The van der Waals surface area contributed by atoms with Gasteiger partial charge >= 0.3 is 0 Å². The Kier molecular flexibility index (Phi) is 6.07. The first kappa shape index (κ1) is 17.4. The Balaban J connectivity index is 1.95. The number of carbonyl (C=O) groups excluding carboxylic acids is 2. The highest BCUT2D eigenvalue weighted by atomic mass is 19.1. The molecule has 1 saturated heterocycles. The van der Waals surface area contributed by atoms with Crippen LogP contribution in [0.15, 0.2) is 18.2 Å². The molecule has 0 bridgehead atoms. The van der Waals surface area contributed by atoms with Gasteiger partial charge in [-0.1, -0.05) is 6.92 Å². The van der Waals surface area contributed by atoms with Crippen LogP contribution in [0.5, 0.6) is 0 Å². The molecule has 1 atom stereocenters. The van der Waals surface area contributed by atoms with Crippen LogP contribution >= 0.6 is 0 Å². The fraction of sp³-hybridized carbons (Fsp3) is 0.529. The Morgan fingerprint density at radius 1 is 1.35 bits per heavy atom. The SMILES string of the molecule is CCCC(=O)NCC1CCCN(C(=O)c2ccc(F)cc2F)C1. The van der Waals surface area contributed by atoms with Crippen molar-refractivity contribution in [1.29, 1.82) is 0 Å². The zero-order chi connectivity index (χ0) is 16.8. The topological polar surface area (TPSA) is 49.4 Å². The van der Waals surface area contributed by atoms with E-state index in [-0.39, 0.29) is 17.4 Å². The smallest absolute Gasteiger partial charge is 0.256 e. The van der Waals surface area contributed by atoms with Gasteiger partial charge in [0.2, 0.25) is 5.91 Å². The van der Waals surface area contributed by atoms with E-state index in [2.05, 4.69) is 5.32 Å². The summed E-state index contributed by atoms with van der Waals surface area (Å²) in [5.74, 6) is -1.78. The normalized spacial score (nSPS) is 17.9. The average molecular weight is 324 g/mol. The lowest BCUT2D eigenvalue weighted by Gasteiger charge is -2.33. The highest BCUT2D eigenvalue weighted by Crippen LogP contribution is 2.20. The van der Waals surface area contributed by atoms with E-state index < -0.39 is 17.5 Å². The predicted octanol–water partition coefficient (Wildman–Crippen LogP) is 2.73. The minimum absolute atomic E-state index is 0.0144. The van der Waals surface area contributed by atoms with Crippen molar-refractivity contribution in [2.45, 2.75) is 32.6 Å². The molecule has 23 heavy (non-hydrogen) atoms. The summed E-state index contributed by atoms with van der Waals surface area (Å²) in [6.45, 7) is 3.49. The number of rotatable bonds is 5. The molecule has 1 aromatic rings. The molecule has 2 rings (SSSR count). The zero-order valence-corrected chi connectivity index (χ0v) is 13.3. The van der Waals surface area contributed by atoms with Crippen LogP contribution in [0, 0.1) is 17.6 Å². The molecule has 0 saturated carbocycles. The molecule has 126 valence electrons. The number of likely N-dealkylation sites (tertiary alicyclic amines) is 1. The lowest BCUT2D eigenvalue weighted by atomic mass is 9.97. The van der Waals surface area contributed by atoms with Gasteiger partial charge in [0.05, 0.1) is 5.56 Å². The van der Waals surface area contributed by atoms with E-state index >= 15 is 0 Å². The van der Waals surface area contributed by atoms with Gasteiger partial charge in [0, 0.05) is 32.1 Å². The molecule has 1 heterocycles. The van der Waals surface area contributed by atoms with Gasteiger partial charge in [0.1, 0.15) is 11.6 Å². The third-order valence-corrected chi connectivity index (χ3v) is 4.03. The number of piperidine rings is 1. The summed E-state index contributed by atoms with van der Waals surface area (Å²) in [7, 11) is 0. The number of hydrogen-bond acceptors (Lipinski definition) is 2. The molecule has 1 aromatic carbocycles.